The highest BCUT2D eigenvalue weighted by Gasteiger charge is 2.32. The van der Waals surface area contributed by atoms with Crippen molar-refractivity contribution in [3.05, 3.63) is 52.0 Å². The first-order valence-corrected chi connectivity index (χ1v) is 9.75. The SMILES string of the molecule is Cn1nc(C2CCCN(C(=O)c3cccc(F)c3)C2)n(C2CCCC2)c1=O. The minimum absolute atomic E-state index is 0.0331. The van der Waals surface area contributed by atoms with Crippen molar-refractivity contribution >= 4 is 5.91 Å². The van der Waals surface area contributed by atoms with Crippen LogP contribution >= 0.6 is 0 Å². The maximum absolute atomic E-state index is 13.5. The number of hydrogen-bond acceptors (Lipinski definition) is 3. The molecule has 2 fully saturated rings. The van der Waals surface area contributed by atoms with Crippen molar-refractivity contribution in [2.75, 3.05) is 13.1 Å². The molecule has 0 bridgehead atoms. The molecule has 1 aliphatic carbocycles. The monoisotopic (exact) mass is 372 g/mol. The number of hydrogen-bond donors (Lipinski definition) is 0. The molecule has 1 unspecified atom stereocenters. The molecule has 1 saturated carbocycles. The molecule has 0 spiro atoms. The van der Waals surface area contributed by atoms with Gasteiger partial charge in [0.1, 0.15) is 11.6 Å². The van der Waals surface area contributed by atoms with Crippen molar-refractivity contribution in [2.24, 2.45) is 7.05 Å². The summed E-state index contributed by atoms with van der Waals surface area (Å²) in [4.78, 5) is 27.2. The first-order valence-electron chi connectivity index (χ1n) is 9.75. The Morgan fingerprint density at radius 1 is 1.19 bits per heavy atom. The molecule has 1 aliphatic heterocycles. The molecule has 2 aliphatic rings. The lowest BCUT2D eigenvalue weighted by Gasteiger charge is -2.33. The zero-order valence-corrected chi connectivity index (χ0v) is 15.6. The summed E-state index contributed by atoms with van der Waals surface area (Å²) in [7, 11) is 1.69. The number of carbonyl (C=O) groups is 1. The third kappa shape index (κ3) is 3.42. The van der Waals surface area contributed by atoms with Gasteiger partial charge in [-0.05, 0) is 43.9 Å². The van der Waals surface area contributed by atoms with Crippen LogP contribution < -0.4 is 5.69 Å². The van der Waals surface area contributed by atoms with Crippen LogP contribution in [0.1, 0.15) is 66.7 Å². The van der Waals surface area contributed by atoms with Gasteiger partial charge in [-0.3, -0.25) is 9.36 Å². The standard InChI is InChI=1S/C20H25FN4O2/c1-23-20(27)25(17-9-2-3-10-17)18(22-23)15-7-5-11-24(13-15)19(26)14-6-4-8-16(21)12-14/h4,6,8,12,15,17H,2-3,5,7,9-11,13H2,1H3. The quantitative estimate of drug-likeness (QED) is 0.832. The summed E-state index contributed by atoms with van der Waals surface area (Å²) in [5.74, 6) is 0.260. The topological polar surface area (TPSA) is 60.1 Å². The number of aryl methyl sites for hydroxylation is 1. The average Bonchev–Trinajstić information content (AvgIpc) is 3.30. The number of aromatic nitrogens is 3. The lowest BCUT2D eigenvalue weighted by Crippen LogP contribution is -2.40. The molecule has 1 aromatic heterocycles. The molecule has 144 valence electrons. The van der Waals surface area contributed by atoms with E-state index >= 15 is 0 Å². The molecule has 7 heteroatoms. The van der Waals surface area contributed by atoms with Crippen LogP contribution in [0.15, 0.2) is 29.1 Å². The Morgan fingerprint density at radius 2 is 1.96 bits per heavy atom. The number of benzene rings is 1. The van der Waals surface area contributed by atoms with Gasteiger partial charge in [-0.25, -0.2) is 13.9 Å². The fourth-order valence-electron chi connectivity index (χ4n) is 4.46. The van der Waals surface area contributed by atoms with E-state index in [9.17, 15) is 14.0 Å². The van der Waals surface area contributed by atoms with Gasteiger partial charge >= 0.3 is 5.69 Å². The third-order valence-electron chi connectivity index (χ3n) is 5.82. The van der Waals surface area contributed by atoms with E-state index in [4.69, 9.17) is 0 Å². The van der Waals surface area contributed by atoms with Crippen LogP contribution in [0.2, 0.25) is 0 Å². The fraction of sp³-hybridized carbons (Fsp3) is 0.550. The molecule has 0 radical (unpaired) electrons. The van der Waals surface area contributed by atoms with Crippen molar-refractivity contribution in [1.29, 1.82) is 0 Å². The van der Waals surface area contributed by atoms with E-state index in [1.54, 1.807) is 24.1 Å². The molecule has 27 heavy (non-hydrogen) atoms. The van der Waals surface area contributed by atoms with Gasteiger partial charge in [-0.2, -0.15) is 5.10 Å². The van der Waals surface area contributed by atoms with Gasteiger partial charge in [0.05, 0.1) is 0 Å². The molecule has 1 atom stereocenters. The smallest absolute Gasteiger partial charge is 0.338 e. The largest absolute Gasteiger partial charge is 0.345 e. The van der Waals surface area contributed by atoms with E-state index < -0.39 is 5.82 Å². The van der Waals surface area contributed by atoms with Gasteiger partial charge in [0, 0.05) is 37.7 Å². The predicted octanol–water partition coefficient (Wildman–Crippen LogP) is 2.86. The molecule has 0 N–H and O–H groups in total. The lowest BCUT2D eigenvalue weighted by molar-refractivity contribution is 0.0702. The summed E-state index contributed by atoms with van der Waals surface area (Å²) in [5.41, 5.74) is 0.301. The van der Waals surface area contributed by atoms with E-state index in [1.807, 2.05) is 4.57 Å². The van der Waals surface area contributed by atoms with Crippen molar-refractivity contribution in [3.63, 3.8) is 0 Å². The van der Waals surface area contributed by atoms with E-state index in [0.29, 0.717) is 18.7 Å². The Bertz CT molecular complexity index is 898. The molecule has 1 amide bonds. The normalized spacial score (nSPS) is 21.0. The van der Waals surface area contributed by atoms with Gasteiger partial charge in [-0.1, -0.05) is 18.9 Å². The Balaban J connectivity index is 1.59. The van der Waals surface area contributed by atoms with Gasteiger partial charge < -0.3 is 4.90 Å². The summed E-state index contributed by atoms with van der Waals surface area (Å²) < 4.78 is 16.8. The van der Waals surface area contributed by atoms with Crippen molar-refractivity contribution in [2.45, 2.75) is 50.5 Å². The molecule has 2 heterocycles. The Kier molecular flexibility index (Phi) is 4.85. The highest BCUT2D eigenvalue weighted by molar-refractivity contribution is 5.94. The van der Waals surface area contributed by atoms with E-state index in [1.165, 1.54) is 16.8 Å². The first kappa shape index (κ1) is 17.9. The third-order valence-corrected chi connectivity index (χ3v) is 5.82. The summed E-state index contributed by atoms with van der Waals surface area (Å²) in [5, 5.41) is 4.53. The molecule has 2 aromatic rings. The van der Waals surface area contributed by atoms with E-state index in [-0.39, 0.29) is 23.6 Å². The predicted molar refractivity (Wildman–Crippen MR) is 99.3 cm³/mol. The van der Waals surface area contributed by atoms with Crippen molar-refractivity contribution in [1.82, 2.24) is 19.2 Å². The molecule has 6 nitrogen and oxygen atoms in total. The minimum atomic E-state index is -0.408. The van der Waals surface area contributed by atoms with E-state index in [2.05, 4.69) is 5.10 Å². The number of halogens is 1. The van der Waals surface area contributed by atoms with E-state index in [0.717, 1.165) is 44.3 Å². The molecule has 4 rings (SSSR count). The second-order valence-electron chi connectivity index (χ2n) is 7.67. The van der Waals surface area contributed by atoms with Crippen LogP contribution in [0.3, 0.4) is 0 Å². The zero-order chi connectivity index (χ0) is 19.0. The number of amides is 1. The molecule has 1 aromatic carbocycles. The maximum atomic E-state index is 13.5. The van der Waals surface area contributed by atoms with Crippen LogP contribution in [0.5, 0.6) is 0 Å². The number of rotatable bonds is 3. The van der Waals surface area contributed by atoms with Crippen LogP contribution in [-0.2, 0) is 7.05 Å². The number of likely N-dealkylation sites (tertiary alicyclic amines) is 1. The molecular formula is C20H25FN4O2. The Labute approximate surface area is 157 Å². The second-order valence-corrected chi connectivity index (χ2v) is 7.67. The molecular weight excluding hydrogens is 347 g/mol. The molecule has 1 saturated heterocycles. The van der Waals surface area contributed by atoms with Crippen molar-refractivity contribution in [3.8, 4) is 0 Å². The van der Waals surface area contributed by atoms with Gasteiger partial charge in [0.15, 0.2) is 0 Å². The van der Waals surface area contributed by atoms with Gasteiger partial charge in [0.25, 0.3) is 5.91 Å². The second kappa shape index (κ2) is 7.29. The van der Waals surface area contributed by atoms with Crippen LogP contribution in [0.4, 0.5) is 4.39 Å². The fourth-order valence-corrected chi connectivity index (χ4v) is 4.46. The van der Waals surface area contributed by atoms with Gasteiger partial charge in [0.2, 0.25) is 0 Å². The Hall–Kier alpha value is -2.44. The van der Waals surface area contributed by atoms with Crippen LogP contribution in [0.25, 0.3) is 0 Å². The van der Waals surface area contributed by atoms with Crippen molar-refractivity contribution < 1.29 is 9.18 Å². The summed E-state index contributed by atoms with van der Waals surface area (Å²) in [6, 6.07) is 6.03. The Morgan fingerprint density at radius 3 is 2.70 bits per heavy atom. The average molecular weight is 372 g/mol. The first-order chi connectivity index (χ1) is 13.0. The summed E-state index contributed by atoms with van der Waals surface area (Å²) in [6.45, 7) is 1.16. The number of piperidine rings is 1. The maximum Gasteiger partial charge on any atom is 0.345 e. The lowest BCUT2D eigenvalue weighted by atomic mass is 9.96. The summed E-state index contributed by atoms with van der Waals surface area (Å²) >= 11 is 0. The zero-order valence-electron chi connectivity index (χ0n) is 15.6. The van der Waals surface area contributed by atoms with Crippen LogP contribution in [-0.4, -0.2) is 38.2 Å². The van der Waals surface area contributed by atoms with Gasteiger partial charge in [-0.15, -0.1) is 0 Å². The highest BCUT2D eigenvalue weighted by atomic mass is 19.1. The number of carbonyl (C=O) groups excluding carboxylic acids is 1. The summed E-state index contributed by atoms with van der Waals surface area (Å²) in [6.07, 6.45) is 6.05. The number of nitrogens with zero attached hydrogens (tertiary/aromatic N) is 4. The highest BCUT2D eigenvalue weighted by Crippen LogP contribution is 2.33. The van der Waals surface area contributed by atoms with Crippen LogP contribution in [0, 0.1) is 5.82 Å². The minimum Gasteiger partial charge on any atom is -0.338 e.